The molecule has 1 aliphatic heterocycles. The van der Waals surface area contributed by atoms with Gasteiger partial charge in [-0.1, -0.05) is 12.8 Å². The van der Waals surface area contributed by atoms with Gasteiger partial charge in [0.25, 0.3) is 11.8 Å². The smallest absolute Gasteiger partial charge is 0.416 e. The number of alkyl halides is 9. The van der Waals surface area contributed by atoms with Gasteiger partial charge in [0.05, 0.1) is 65.7 Å². The van der Waals surface area contributed by atoms with Gasteiger partial charge in [-0.3, -0.25) is 23.5 Å². The van der Waals surface area contributed by atoms with Crippen LogP contribution in [0.4, 0.5) is 58.4 Å². The van der Waals surface area contributed by atoms with E-state index < -0.39 is 189 Å². The van der Waals surface area contributed by atoms with Gasteiger partial charge in [0.15, 0.2) is 40.4 Å². The summed E-state index contributed by atoms with van der Waals surface area (Å²) in [6.07, 6.45) is -14.7. The Labute approximate surface area is 490 Å². The van der Waals surface area contributed by atoms with Gasteiger partial charge in [-0.25, -0.2) is 22.8 Å². The first-order valence-corrected chi connectivity index (χ1v) is 26.7. The van der Waals surface area contributed by atoms with Crippen LogP contribution in [0.2, 0.25) is 0 Å². The molecule has 3 heterocycles. The number of halogens is 12. The molecule has 6 aromatic carbocycles. The van der Waals surface area contributed by atoms with Crippen molar-refractivity contribution >= 4 is 62.7 Å². The van der Waals surface area contributed by atoms with Crippen LogP contribution in [0.1, 0.15) is 114 Å². The molecule has 2 aromatic heterocycles. The van der Waals surface area contributed by atoms with Gasteiger partial charge in [0.1, 0.15) is 11.6 Å². The average molecular weight is 1240 g/mol. The van der Waals surface area contributed by atoms with Gasteiger partial charge in [-0.2, -0.15) is 44.0 Å². The molecule has 1 aliphatic carbocycles. The second kappa shape index (κ2) is 21.8. The summed E-state index contributed by atoms with van der Waals surface area (Å²) >= 11 is 0. The minimum atomic E-state index is -5.04. The molecule has 0 radical (unpaired) electrons. The van der Waals surface area contributed by atoms with Crippen LogP contribution in [0, 0.1) is 37.2 Å². The van der Waals surface area contributed by atoms with E-state index in [1.807, 2.05) is 0 Å². The summed E-state index contributed by atoms with van der Waals surface area (Å²) in [6.45, 7) is 3.48. The lowest BCUT2D eigenvalue weighted by atomic mass is 9.71. The van der Waals surface area contributed by atoms with E-state index in [-0.39, 0.29) is 42.1 Å². The Hall–Kier alpha value is -9.39. The van der Waals surface area contributed by atoms with Gasteiger partial charge in [-0.15, -0.1) is 0 Å². The number of carboxylic acids is 2. The summed E-state index contributed by atoms with van der Waals surface area (Å²) in [5.74, 6) is -16.8. The third-order valence-corrected chi connectivity index (χ3v) is 16.9. The number of carbonyl (C=O) groups is 5. The van der Waals surface area contributed by atoms with E-state index in [1.54, 1.807) is 0 Å². The van der Waals surface area contributed by atoms with Crippen molar-refractivity contribution in [3.8, 4) is 17.2 Å². The van der Waals surface area contributed by atoms with Crippen molar-refractivity contribution in [1.82, 2.24) is 13.6 Å². The molecule has 0 spiro atoms. The number of aliphatic carboxylic acids is 2. The zero-order chi connectivity index (χ0) is 64.2. The fraction of sp³-hybridized carbons (Fsp3) is 0.254. The summed E-state index contributed by atoms with van der Waals surface area (Å²) < 4.78 is 192. The lowest BCUT2D eigenvalue weighted by Crippen LogP contribution is -2.71. The summed E-state index contributed by atoms with van der Waals surface area (Å²) in [4.78, 5) is 77.8. The normalized spacial score (nSPS) is 16.7. The number of benzene rings is 6. The number of methoxy groups -OCH3 is 3. The van der Waals surface area contributed by atoms with Crippen LogP contribution >= 0.6 is 0 Å². The molecule has 10 rings (SSSR count). The summed E-state index contributed by atoms with van der Waals surface area (Å²) in [6, 6.07) is 13.1. The number of amides is 1. The number of aromatic nitrogens is 2. The van der Waals surface area contributed by atoms with Crippen LogP contribution in [-0.4, -0.2) is 70.3 Å². The van der Waals surface area contributed by atoms with Crippen LogP contribution in [0.25, 0.3) is 27.4 Å². The molecular weight excluding hydrogens is 1190 g/mol. The summed E-state index contributed by atoms with van der Waals surface area (Å²) in [5.41, 5.74) is -13.3. The van der Waals surface area contributed by atoms with Gasteiger partial charge < -0.3 is 24.4 Å². The van der Waals surface area contributed by atoms with E-state index in [0.29, 0.717) is 54.6 Å². The standard InChI is InChI=1S/C63H47F12N3O10/c1-29-51(39-23-48(86-4)42(64)26-45(39)76(29)55(79)32-11-17-36(18-12-32)61(67,68)69)53(58(82)83)52-31(3)78(47-28-44(66)50(88-6)25-41(47)52,57(81)34-15-21-38(22-16-34)63(73,74)75)60(59(84)85,35-9-7-8-10-35)54-30(2)77(46-27-43(65)49(87-5)24-40(46)54)56(80)33-13-19-37(20-14-33)62(70,71)72/h11-28,35,53H,7-10H2,1-6H3,(H-,82,83,84,85)/p+1. The third-order valence-electron chi connectivity index (χ3n) is 16.9. The number of hydrogen-bond acceptors (Lipinski definition) is 8. The molecule has 1 saturated carbocycles. The number of carbonyl (C=O) groups excluding carboxylic acids is 3. The van der Waals surface area contributed by atoms with Crippen molar-refractivity contribution < 1.29 is 101 Å². The first-order chi connectivity index (χ1) is 41.3. The Morgan fingerprint density at radius 1 is 0.545 bits per heavy atom. The molecule has 3 unspecified atom stereocenters. The molecule has 0 saturated heterocycles. The minimum absolute atomic E-state index is 0.160. The summed E-state index contributed by atoms with van der Waals surface area (Å²) in [7, 11) is 3.08. The Balaban J connectivity index is 1.41. The summed E-state index contributed by atoms with van der Waals surface area (Å²) in [5, 5.41) is 24.2. The lowest BCUT2D eigenvalue weighted by molar-refractivity contribution is -0.153. The van der Waals surface area contributed by atoms with Crippen molar-refractivity contribution in [2.24, 2.45) is 5.92 Å². The number of carboxylic acid groups (broad SMARTS) is 2. The lowest BCUT2D eigenvalue weighted by Gasteiger charge is -2.50. The third kappa shape index (κ3) is 9.33. The maximum atomic E-state index is 17.4. The number of fused-ring (bicyclic) bond motifs is 3. The molecule has 1 fully saturated rings. The van der Waals surface area contributed by atoms with E-state index in [2.05, 4.69) is 0 Å². The van der Waals surface area contributed by atoms with Crippen molar-refractivity contribution in [3.63, 3.8) is 0 Å². The van der Waals surface area contributed by atoms with Gasteiger partial charge >= 0.3 is 36.4 Å². The van der Waals surface area contributed by atoms with Gasteiger partial charge in [-0.05, 0) is 118 Å². The zero-order valence-electron chi connectivity index (χ0n) is 46.9. The SMILES string of the molecule is COc1cc2c(cc1F)[N+](C(=O)c1ccc(C(F)(F)F)cc1)(C(C(=O)O)(c1c(C)n(C(=O)c3ccc(C(F)(F)F)cc3)c3cc(F)c(OC)cc13)C1CCCC1)C(C)=C2C(C(=O)O)c1c(C)n(C(=O)c2ccc(C(F)(F)F)cc2)c2cc(F)c(OC)cc12. The second-order valence-corrected chi connectivity index (χ2v) is 21.3. The fourth-order valence-corrected chi connectivity index (χ4v) is 13.2. The number of nitrogens with zero attached hydrogens (tertiary/aromatic N) is 3. The quantitative estimate of drug-likeness (QED) is 0.0839. The van der Waals surface area contributed by atoms with E-state index in [4.69, 9.17) is 14.2 Å². The van der Waals surface area contributed by atoms with E-state index in [0.717, 1.165) is 92.0 Å². The van der Waals surface area contributed by atoms with E-state index in [1.165, 1.54) is 13.8 Å². The number of rotatable bonds is 13. The maximum Gasteiger partial charge on any atom is 0.416 e. The van der Waals surface area contributed by atoms with Crippen LogP contribution in [-0.2, 0) is 33.7 Å². The monoisotopic (exact) mass is 1230 g/mol. The molecule has 8 aromatic rings. The molecule has 2 aliphatic rings. The molecule has 25 heteroatoms. The average Bonchev–Trinajstić information content (AvgIpc) is 1.44. The van der Waals surface area contributed by atoms with Crippen molar-refractivity contribution in [2.75, 3.05) is 21.3 Å². The highest BCUT2D eigenvalue weighted by molar-refractivity contribution is 6.18. The zero-order valence-corrected chi connectivity index (χ0v) is 46.9. The van der Waals surface area contributed by atoms with Crippen molar-refractivity contribution in [3.05, 3.63) is 194 Å². The Kier molecular flexibility index (Phi) is 15.3. The van der Waals surface area contributed by atoms with Crippen LogP contribution in [0.15, 0.2) is 115 Å². The van der Waals surface area contributed by atoms with Crippen molar-refractivity contribution in [1.29, 1.82) is 0 Å². The molecular formula is C63H48F12N3O10+. The number of allylic oxidation sites excluding steroid dienone is 1. The molecule has 1 amide bonds. The Bertz CT molecular complexity index is 4270. The predicted molar refractivity (Wildman–Crippen MR) is 293 cm³/mol. The number of ether oxygens (including phenoxy) is 3. The number of quaternary nitrogens is 1. The maximum absolute atomic E-state index is 17.4. The largest absolute Gasteiger partial charge is 0.494 e. The molecule has 3 atom stereocenters. The van der Waals surface area contributed by atoms with Gasteiger partial charge in [0, 0.05) is 75.5 Å². The van der Waals surface area contributed by atoms with Gasteiger partial charge in [0.2, 0.25) is 5.54 Å². The highest BCUT2D eigenvalue weighted by atomic mass is 19.4. The first-order valence-electron chi connectivity index (χ1n) is 26.7. The molecule has 13 nitrogen and oxygen atoms in total. The minimum Gasteiger partial charge on any atom is -0.494 e. The van der Waals surface area contributed by atoms with E-state index in [9.17, 15) is 59.3 Å². The van der Waals surface area contributed by atoms with Crippen LogP contribution in [0.3, 0.4) is 0 Å². The highest BCUT2D eigenvalue weighted by Crippen LogP contribution is 2.64. The Morgan fingerprint density at radius 2 is 0.943 bits per heavy atom. The predicted octanol–water partition coefficient (Wildman–Crippen LogP) is 15.0. The molecule has 0 bridgehead atoms. The van der Waals surface area contributed by atoms with Crippen LogP contribution < -0.4 is 18.7 Å². The van der Waals surface area contributed by atoms with E-state index >= 15 is 27.6 Å². The first kappa shape index (κ1) is 61.7. The Morgan fingerprint density at radius 3 is 1.36 bits per heavy atom. The highest BCUT2D eigenvalue weighted by Gasteiger charge is 2.74. The molecule has 458 valence electrons. The fourth-order valence-electron chi connectivity index (χ4n) is 13.2. The number of hydrogen-bond donors (Lipinski definition) is 2. The van der Waals surface area contributed by atoms with Crippen LogP contribution in [0.5, 0.6) is 17.2 Å². The topological polar surface area (TPSA) is 163 Å². The second-order valence-electron chi connectivity index (χ2n) is 21.3. The molecule has 2 N–H and O–H groups in total. The van der Waals surface area contributed by atoms with Crippen molar-refractivity contribution in [2.45, 2.75) is 76.4 Å². The molecule has 88 heavy (non-hydrogen) atoms.